The maximum absolute atomic E-state index is 10.8. The highest BCUT2D eigenvalue weighted by Crippen LogP contribution is 1.93. The highest BCUT2D eigenvalue weighted by atomic mass is 16.2. The molecule has 0 unspecified atom stereocenters. The minimum atomic E-state index is 0.139. The molecule has 0 aromatic carbocycles. The van der Waals surface area contributed by atoms with Crippen LogP contribution in [0.5, 0.6) is 0 Å². The molecule has 0 spiro atoms. The molecule has 0 aliphatic rings. The van der Waals surface area contributed by atoms with Gasteiger partial charge in [-0.15, -0.1) is 0 Å². The number of hydrogen-bond donors (Lipinski definition) is 0. The summed E-state index contributed by atoms with van der Waals surface area (Å²) in [4.78, 5) is 12.3. The summed E-state index contributed by atoms with van der Waals surface area (Å²) in [5.41, 5.74) is 0. The third-order valence-corrected chi connectivity index (χ3v) is 1.20. The van der Waals surface area contributed by atoms with E-state index in [1.165, 1.54) is 4.90 Å². The van der Waals surface area contributed by atoms with Crippen LogP contribution in [0.2, 0.25) is 0 Å². The average molecular weight is 128 g/mol. The Kier molecular flexibility index (Phi) is 4.10. The quantitative estimate of drug-likeness (QED) is 0.563. The van der Waals surface area contributed by atoms with Crippen molar-refractivity contribution in [1.82, 2.24) is 4.90 Å². The van der Waals surface area contributed by atoms with Crippen LogP contribution in [0.15, 0.2) is 0 Å². The second-order valence-corrected chi connectivity index (χ2v) is 2.00. The Hall–Kier alpha value is -0.530. The second-order valence-electron chi connectivity index (χ2n) is 2.00. The van der Waals surface area contributed by atoms with Crippen molar-refractivity contribution in [3.05, 3.63) is 7.05 Å². The van der Waals surface area contributed by atoms with Crippen molar-refractivity contribution in [1.29, 1.82) is 0 Å². The van der Waals surface area contributed by atoms with Crippen LogP contribution in [0.4, 0.5) is 0 Å². The Balaban J connectivity index is 3.46. The van der Waals surface area contributed by atoms with Gasteiger partial charge in [0.1, 0.15) is 0 Å². The lowest BCUT2D eigenvalue weighted by Gasteiger charge is -2.12. The summed E-state index contributed by atoms with van der Waals surface area (Å²) >= 11 is 0. The van der Waals surface area contributed by atoms with Gasteiger partial charge in [-0.3, -0.25) is 4.79 Å². The molecule has 0 heterocycles. The van der Waals surface area contributed by atoms with Crippen molar-refractivity contribution in [2.45, 2.75) is 26.7 Å². The van der Waals surface area contributed by atoms with E-state index < -0.39 is 0 Å². The van der Waals surface area contributed by atoms with Crippen molar-refractivity contribution in [2.75, 3.05) is 6.54 Å². The summed E-state index contributed by atoms with van der Waals surface area (Å²) in [6, 6.07) is 0. The normalized spacial score (nSPS) is 9.22. The minimum absolute atomic E-state index is 0.139. The van der Waals surface area contributed by atoms with Gasteiger partial charge in [0.05, 0.1) is 0 Å². The molecule has 0 fully saturated rings. The molecule has 2 heteroatoms. The van der Waals surface area contributed by atoms with Crippen LogP contribution in [0.25, 0.3) is 0 Å². The van der Waals surface area contributed by atoms with Gasteiger partial charge in [-0.2, -0.15) is 0 Å². The van der Waals surface area contributed by atoms with E-state index in [2.05, 4.69) is 7.05 Å². The number of amides is 1. The first-order valence-corrected chi connectivity index (χ1v) is 3.33. The van der Waals surface area contributed by atoms with Crippen LogP contribution < -0.4 is 0 Å². The number of carbonyl (C=O) groups excluding carboxylic acids is 1. The van der Waals surface area contributed by atoms with Gasteiger partial charge in [0.2, 0.25) is 5.91 Å². The molecule has 0 saturated heterocycles. The van der Waals surface area contributed by atoms with Crippen LogP contribution in [-0.4, -0.2) is 17.4 Å². The predicted octanol–water partition coefficient (Wildman–Crippen LogP) is 1.43. The highest BCUT2D eigenvalue weighted by Gasteiger charge is 2.02. The largest absolute Gasteiger partial charge is 0.341 e. The van der Waals surface area contributed by atoms with Crippen LogP contribution in [-0.2, 0) is 4.79 Å². The summed E-state index contributed by atoms with van der Waals surface area (Å²) in [6.07, 6.45) is 1.53. The molecule has 0 aromatic heterocycles. The third kappa shape index (κ3) is 3.12. The third-order valence-electron chi connectivity index (χ3n) is 1.20. The maximum atomic E-state index is 10.8. The fraction of sp³-hybridized carbons (Fsp3) is 0.714. The number of rotatable bonds is 3. The minimum Gasteiger partial charge on any atom is -0.341 e. The van der Waals surface area contributed by atoms with Crippen molar-refractivity contribution in [2.24, 2.45) is 0 Å². The van der Waals surface area contributed by atoms with Gasteiger partial charge >= 0.3 is 0 Å². The summed E-state index contributed by atoms with van der Waals surface area (Å²) < 4.78 is 0. The van der Waals surface area contributed by atoms with Gasteiger partial charge in [-0.25, -0.2) is 0 Å². The summed E-state index contributed by atoms with van der Waals surface area (Å²) in [6.45, 7) is 4.61. The zero-order chi connectivity index (χ0) is 7.28. The number of nitrogens with zero attached hydrogens (tertiary/aromatic N) is 1. The van der Waals surface area contributed by atoms with E-state index in [4.69, 9.17) is 0 Å². The second kappa shape index (κ2) is 4.36. The van der Waals surface area contributed by atoms with Gasteiger partial charge in [0.25, 0.3) is 0 Å². The molecule has 0 N–H and O–H groups in total. The topological polar surface area (TPSA) is 20.3 Å². The van der Waals surface area contributed by atoms with E-state index in [0.717, 1.165) is 6.42 Å². The van der Waals surface area contributed by atoms with Crippen LogP contribution in [0.3, 0.4) is 0 Å². The van der Waals surface area contributed by atoms with Crippen molar-refractivity contribution in [3.63, 3.8) is 0 Å². The first-order valence-electron chi connectivity index (χ1n) is 3.33. The predicted molar refractivity (Wildman–Crippen MR) is 37.7 cm³/mol. The fourth-order valence-electron chi connectivity index (χ4n) is 0.548. The van der Waals surface area contributed by atoms with Crippen molar-refractivity contribution < 1.29 is 4.79 Å². The standard InChI is InChI=1S/C7H14NO/c1-4-6-7(9)8(3)5-2/h3-6H2,1-2H3. The SMILES string of the molecule is [CH2]N(CC)C(=O)CCC. The Labute approximate surface area is 56.9 Å². The smallest absolute Gasteiger partial charge is 0.222 e. The van der Waals surface area contributed by atoms with Gasteiger partial charge in [-0.05, 0) is 13.3 Å². The molecule has 0 aromatic rings. The lowest BCUT2D eigenvalue weighted by atomic mass is 10.3. The van der Waals surface area contributed by atoms with E-state index in [0.29, 0.717) is 13.0 Å². The molecule has 1 radical (unpaired) electrons. The van der Waals surface area contributed by atoms with E-state index in [9.17, 15) is 4.79 Å². The molecule has 0 atom stereocenters. The molecule has 0 rings (SSSR count). The van der Waals surface area contributed by atoms with Gasteiger partial charge in [-0.1, -0.05) is 6.92 Å². The van der Waals surface area contributed by atoms with E-state index in [-0.39, 0.29) is 5.91 Å². The van der Waals surface area contributed by atoms with Gasteiger partial charge in [0.15, 0.2) is 0 Å². The fourth-order valence-corrected chi connectivity index (χ4v) is 0.548. The van der Waals surface area contributed by atoms with Crippen LogP contribution in [0, 0.1) is 7.05 Å². The Morgan fingerprint density at radius 3 is 2.44 bits per heavy atom. The van der Waals surface area contributed by atoms with E-state index in [1.807, 2.05) is 13.8 Å². The Morgan fingerprint density at radius 1 is 1.56 bits per heavy atom. The van der Waals surface area contributed by atoms with Gasteiger partial charge in [0, 0.05) is 20.0 Å². The summed E-state index contributed by atoms with van der Waals surface area (Å²) in [5.74, 6) is 0.139. The summed E-state index contributed by atoms with van der Waals surface area (Å²) in [7, 11) is 3.56. The number of carbonyl (C=O) groups is 1. The zero-order valence-electron chi connectivity index (χ0n) is 6.18. The molecule has 0 bridgehead atoms. The lowest BCUT2D eigenvalue weighted by Crippen LogP contribution is -2.23. The van der Waals surface area contributed by atoms with Gasteiger partial charge < -0.3 is 4.90 Å². The van der Waals surface area contributed by atoms with E-state index in [1.54, 1.807) is 0 Å². The average Bonchev–Trinajstić information content (AvgIpc) is 1.87. The Morgan fingerprint density at radius 2 is 2.11 bits per heavy atom. The molecular weight excluding hydrogens is 114 g/mol. The van der Waals surface area contributed by atoms with Crippen LogP contribution >= 0.6 is 0 Å². The van der Waals surface area contributed by atoms with Crippen molar-refractivity contribution >= 4 is 5.91 Å². The first-order chi connectivity index (χ1) is 4.22. The maximum Gasteiger partial charge on any atom is 0.222 e. The Bertz CT molecular complexity index is 90.9. The van der Waals surface area contributed by atoms with Crippen molar-refractivity contribution in [3.8, 4) is 0 Å². The summed E-state index contributed by atoms with van der Waals surface area (Å²) in [5, 5.41) is 0. The molecule has 53 valence electrons. The molecule has 0 aliphatic carbocycles. The highest BCUT2D eigenvalue weighted by molar-refractivity contribution is 5.76. The monoisotopic (exact) mass is 128 g/mol. The molecule has 0 aliphatic heterocycles. The first kappa shape index (κ1) is 8.47. The van der Waals surface area contributed by atoms with E-state index >= 15 is 0 Å². The van der Waals surface area contributed by atoms with Crippen LogP contribution in [0.1, 0.15) is 26.7 Å². The number of hydrogen-bond acceptors (Lipinski definition) is 1. The molecule has 0 saturated carbocycles. The lowest BCUT2D eigenvalue weighted by molar-refractivity contribution is -0.128. The molecule has 2 nitrogen and oxygen atoms in total. The molecule has 1 amide bonds. The molecular formula is C7H14NO. The molecule has 9 heavy (non-hydrogen) atoms. The zero-order valence-corrected chi connectivity index (χ0v) is 6.18.